The average molecular weight is 315 g/mol. The molecule has 0 atom stereocenters. The number of hydrogen-bond acceptors (Lipinski definition) is 3. The first kappa shape index (κ1) is 16.3. The van der Waals surface area contributed by atoms with Gasteiger partial charge in [-0.3, -0.25) is 4.79 Å². The number of nitrogens with one attached hydrogen (secondary N) is 1. The van der Waals surface area contributed by atoms with Gasteiger partial charge >= 0.3 is 12.1 Å². The van der Waals surface area contributed by atoms with Gasteiger partial charge in [0.25, 0.3) is 5.91 Å². The van der Waals surface area contributed by atoms with Crippen LogP contribution in [-0.4, -0.2) is 24.5 Å². The zero-order chi connectivity index (χ0) is 16.2. The van der Waals surface area contributed by atoms with E-state index in [-0.39, 0.29) is 11.6 Å². The van der Waals surface area contributed by atoms with Crippen molar-refractivity contribution in [2.24, 2.45) is 0 Å². The van der Waals surface area contributed by atoms with Gasteiger partial charge < -0.3 is 10.1 Å². The lowest BCUT2D eigenvalue weighted by Gasteiger charge is -2.12. The third kappa shape index (κ3) is 4.47. The minimum absolute atomic E-state index is 0.0970. The van der Waals surface area contributed by atoms with Gasteiger partial charge in [-0.25, -0.2) is 4.79 Å². The molecule has 0 aliphatic heterocycles. The van der Waals surface area contributed by atoms with Crippen LogP contribution in [0.3, 0.4) is 0 Å². The molecule has 1 aliphatic carbocycles. The fourth-order valence-electron chi connectivity index (χ4n) is 2.38. The molecule has 1 aromatic carbocycles. The van der Waals surface area contributed by atoms with Crippen molar-refractivity contribution in [1.29, 1.82) is 0 Å². The summed E-state index contributed by atoms with van der Waals surface area (Å²) in [6.07, 6.45) is -0.638. The molecule has 0 radical (unpaired) electrons. The van der Waals surface area contributed by atoms with Crippen LogP contribution in [-0.2, 0) is 15.7 Å². The summed E-state index contributed by atoms with van der Waals surface area (Å²) in [4.78, 5) is 23.3. The number of halogens is 3. The first-order valence-electron chi connectivity index (χ1n) is 7.00. The van der Waals surface area contributed by atoms with E-state index in [1.807, 2.05) is 0 Å². The molecule has 22 heavy (non-hydrogen) atoms. The third-order valence-electron chi connectivity index (χ3n) is 3.48. The summed E-state index contributed by atoms with van der Waals surface area (Å²) in [5, 5.41) is 2.73. The Bertz CT molecular complexity index is 551. The first-order valence-corrected chi connectivity index (χ1v) is 7.00. The normalized spacial score (nSPS) is 15.6. The highest BCUT2D eigenvalue weighted by Gasteiger charge is 2.31. The molecule has 0 unspecified atom stereocenters. The number of hydrogen-bond donors (Lipinski definition) is 1. The topological polar surface area (TPSA) is 55.4 Å². The third-order valence-corrected chi connectivity index (χ3v) is 3.48. The van der Waals surface area contributed by atoms with Crippen molar-refractivity contribution in [3.05, 3.63) is 35.4 Å². The maximum absolute atomic E-state index is 12.6. The van der Waals surface area contributed by atoms with Crippen LogP contribution in [0.5, 0.6) is 0 Å². The van der Waals surface area contributed by atoms with Crippen molar-refractivity contribution in [2.75, 3.05) is 6.61 Å². The summed E-state index contributed by atoms with van der Waals surface area (Å²) >= 11 is 0. The van der Waals surface area contributed by atoms with Gasteiger partial charge in [0.1, 0.15) is 0 Å². The number of rotatable bonds is 4. The van der Waals surface area contributed by atoms with Crippen LogP contribution in [0.1, 0.15) is 41.6 Å². The Balaban J connectivity index is 1.88. The number of carbonyl (C=O) groups is 2. The Labute approximate surface area is 125 Å². The van der Waals surface area contributed by atoms with Gasteiger partial charge in [0.2, 0.25) is 0 Å². The molecular weight excluding hydrogens is 299 g/mol. The van der Waals surface area contributed by atoms with Gasteiger partial charge in [-0.1, -0.05) is 18.9 Å². The van der Waals surface area contributed by atoms with Crippen LogP contribution in [0.4, 0.5) is 13.2 Å². The first-order chi connectivity index (χ1) is 10.4. The van der Waals surface area contributed by atoms with Gasteiger partial charge in [0, 0.05) is 6.04 Å². The molecule has 2 rings (SSSR count). The highest BCUT2D eigenvalue weighted by molar-refractivity contribution is 5.91. The van der Waals surface area contributed by atoms with Crippen molar-refractivity contribution in [3.63, 3.8) is 0 Å². The van der Waals surface area contributed by atoms with Crippen molar-refractivity contribution in [2.45, 2.75) is 37.9 Å². The molecule has 0 spiro atoms. The fraction of sp³-hybridized carbons (Fsp3) is 0.467. The number of amides is 1. The molecular formula is C15H16F3NO3. The zero-order valence-electron chi connectivity index (χ0n) is 11.8. The molecule has 1 fully saturated rings. The van der Waals surface area contributed by atoms with Crippen LogP contribution < -0.4 is 5.32 Å². The highest BCUT2D eigenvalue weighted by atomic mass is 19.4. The summed E-state index contributed by atoms with van der Waals surface area (Å²) in [7, 11) is 0. The Hall–Kier alpha value is -2.05. The second kappa shape index (κ2) is 6.81. The van der Waals surface area contributed by atoms with Crippen LogP contribution in [0.2, 0.25) is 0 Å². The molecule has 0 saturated heterocycles. The number of ether oxygens (including phenoxy) is 1. The van der Waals surface area contributed by atoms with Crippen LogP contribution >= 0.6 is 0 Å². The highest BCUT2D eigenvalue weighted by Crippen LogP contribution is 2.29. The predicted molar refractivity (Wildman–Crippen MR) is 72.1 cm³/mol. The molecule has 7 heteroatoms. The lowest BCUT2D eigenvalue weighted by molar-refractivity contribution is -0.137. The molecule has 1 N–H and O–H groups in total. The minimum Gasteiger partial charge on any atom is -0.452 e. The Morgan fingerprint density at radius 1 is 1.23 bits per heavy atom. The van der Waals surface area contributed by atoms with E-state index in [1.54, 1.807) is 0 Å². The van der Waals surface area contributed by atoms with E-state index in [2.05, 4.69) is 5.32 Å². The molecule has 1 aliphatic rings. The molecule has 0 bridgehead atoms. The van der Waals surface area contributed by atoms with Crippen molar-refractivity contribution in [1.82, 2.24) is 5.32 Å². The smallest absolute Gasteiger partial charge is 0.416 e. The zero-order valence-corrected chi connectivity index (χ0v) is 11.8. The van der Waals surface area contributed by atoms with Crippen molar-refractivity contribution in [3.8, 4) is 0 Å². The quantitative estimate of drug-likeness (QED) is 0.869. The van der Waals surface area contributed by atoms with Gasteiger partial charge in [-0.2, -0.15) is 13.2 Å². The van der Waals surface area contributed by atoms with Crippen molar-refractivity contribution < 1.29 is 27.5 Å². The lowest BCUT2D eigenvalue weighted by Crippen LogP contribution is -2.35. The minimum atomic E-state index is -4.53. The SMILES string of the molecule is O=C(COC(=O)c1cccc(C(F)(F)F)c1)NC1CCCC1. The Kier molecular flexibility index (Phi) is 5.05. The largest absolute Gasteiger partial charge is 0.452 e. The van der Waals surface area contributed by atoms with E-state index in [4.69, 9.17) is 4.74 Å². The van der Waals surface area contributed by atoms with Gasteiger partial charge in [0.05, 0.1) is 11.1 Å². The van der Waals surface area contributed by atoms with E-state index >= 15 is 0 Å². The number of benzene rings is 1. The van der Waals surface area contributed by atoms with Crippen LogP contribution in [0.15, 0.2) is 24.3 Å². The Morgan fingerprint density at radius 3 is 2.55 bits per heavy atom. The maximum atomic E-state index is 12.6. The summed E-state index contributed by atoms with van der Waals surface area (Å²) < 4.78 is 42.4. The molecule has 0 aromatic heterocycles. The van der Waals surface area contributed by atoms with Crippen LogP contribution in [0, 0.1) is 0 Å². The maximum Gasteiger partial charge on any atom is 0.416 e. The lowest BCUT2D eigenvalue weighted by atomic mass is 10.1. The Morgan fingerprint density at radius 2 is 1.91 bits per heavy atom. The average Bonchev–Trinajstić information content (AvgIpc) is 2.97. The summed E-state index contributed by atoms with van der Waals surface area (Å²) in [6.45, 7) is -0.494. The van der Waals surface area contributed by atoms with Gasteiger partial charge in [-0.15, -0.1) is 0 Å². The molecule has 0 heterocycles. The van der Waals surface area contributed by atoms with Gasteiger partial charge in [-0.05, 0) is 31.0 Å². The number of esters is 1. The molecule has 120 valence electrons. The summed E-state index contributed by atoms with van der Waals surface area (Å²) in [5.74, 6) is -1.39. The molecule has 1 saturated carbocycles. The number of carbonyl (C=O) groups excluding carboxylic acids is 2. The summed E-state index contributed by atoms with van der Waals surface area (Å²) in [6, 6.07) is 4.00. The monoisotopic (exact) mass is 315 g/mol. The van der Waals surface area contributed by atoms with E-state index in [1.165, 1.54) is 6.07 Å². The van der Waals surface area contributed by atoms with E-state index in [0.717, 1.165) is 37.8 Å². The van der Waals surface area contributed by atoms with Gasteiger partial charge in [0.15, 0.2) is 6.61 Å². The summed E-state index contributed by atoms with van der Waals surface area (Å²) in [5.41, 5.74) is -1.17. The van der Waals surface area contributed by atoms with Crippen LogP contribution in [0.25, 0.3) is 0 Å². The molecule has 1 aromatic rings. The standard InChI is InChI=1S/C15H16F3NO3/c16-15(17,18)11-5-3-4-10(8-11)14(21)22-9-13(20)19-12-6-1-2-7-12/h3-5,8,12H,1-2,6-7,9H2,(H,19,20). The predicted octanol–water partition coefficient (Wildman–Crippen LogP) is 2.92. The van der Waals surface area contributed by atoms with Crippen molar-refractivity contribution >= 4 is 11.9 Å². The molecule has 4 nitrogen and oxygen atoms in total. The van der Waals surface area contributed by atoms with E-state index in [9.17, 15) is 22.8 Å². The van der Waals surface area contributed by atoms with E-state index < -0.39 is 30.2 Å². The molecule has 1 amide bonds. The second-order valence-corrected chi connectivity index (χ2v) is 5.20. The second-order valence-electron chi connectivity index (χ2n) is 5.20. The number of alkyl halides is 3. The fourth-order valence-corrected chi connectivity index (χ4v) is 2.38. The van der Waals surface area contributed by atoms with E-state index in [0.29, 0.717) is 6.07 Å².